The standard InChI is InChI=1S/C10H13N3O4/c1-3-12(2)10(15)11-8-5-4-7(13(16)17)6-9(8)14/h4-6,14H,3H2,1-2H3,(H,11,15). The van der Waals surface area contributed by atoms with Gasteiger partial charge < -0.3 is 15.3 Å². The zero-order valence-corrected chi connectivity index (χ0v) is 9.51. The van der Waals surface area contributed by atoms with Gasteiger partial charge in [0.1, 0.15) is 5.75 Å². The highest BCUT2D eigenvalue weighted by molar-refractivity contribution is 5.90. The van der Waals surface area contributed by atoms with Gasteiger partial charge in [0.25, 0.3) is 5.69 Å². The zero-order chi connectivity index (χ0) is 13.0. The number of phenolic OH excluding ortho intramolecular Hbond substituents is 1. The van der Waals surface area contributed by atoms with Gasteiger partial charge in [-0.05, 0) is 13.0 Å². The molecule has 0 bridgehead atoms. The molecule has 0 spiro atoms. The van der Waals surface area contributed by atoms with Gasteiger partial charge in [-0.1, -0.05) is 0 Å². The normalized spacial score (nSPS) is 9.76. The van der Waals surface area contributed by atoms with Gasteiger partial charge >= 0.3 is 6.03 Å². The third kappa shape index (κ3) is 3.07. The predicted molar refractivity (Wildman–Crippen MR) is 62.1 cm³/mol. The highest BCUT2D eigenvalue weighted by atomic mass is 16.6. The lowest BCUT2D eigenvalue weighted by atomic mass is 10.2. The molecule has 0 aliphatic heterocycles. The van der Waals surface area contributed by atoms with Crippen molar-refractivity contribution >= 4 is 17.4 Å². The molecule has 1 aromatic carbocycles. The van der Waals surface area contributed by atoms with E-state index in [1.165, 1.54) is 17.0 Å². The van der Waals surface area contributed by atoms with Crippen molar-refractivity contribution in [1.29, 1.82) is 0 Å². The quantitative estimate of drug-likeness (QED) is 0.477. The molecular weight excluding hydrogens is 226 g/mol. The average Bonchev–Trinajstić information content (AvgIpc) is 2.30. The Balaban J connectivity index is 2.86. The van der Waals surface area contributed by atoms with Crippen molar-refractivity contribution in [2.45, 2.75) is 6.92 Å². The summed E-state index contributed by atoms with van der Waals surface area (Å²) < 4.78 is 0. The Hall–Kier alpha value is -2.31. The highest BCUT2D eigenvalue weighted by Gasteiger charge is 2.13. The number of hydrogen-bond acceptors (Lipinski definition) is 4. The van der Waals surface area contributed by atoms with Crippen LogP contribution in [0.5, 0.6) is 5.75 Å². The molecule has 1 aromatic rings. The van der Waals surface area contributed by atoms with Crippen LogP contribution in [0.4, 0.5) is 16.2 Å². The number of nitro groups is 1. The Labute approximate surface area is 97.8 Å². The lowest BCUT2D eigenvalue weighted by molar-refractivity contribution is -0.384. The van der Waals surface area contributed by atoms with E-state index in [1.54, 1.807) is 14.0 Å². The Morgan fingerprint density at radius 3 is 2.71 bits per heavy atom. The number of anilines is 1. The summed E-state index contributed by atoms with van der Waals surface area (Å²) in [7, 11) is 1.60. The van der Waals surface area contributed by atoms with Crippen LogP contribution < -0.4 is 5.32 Å². The van der Waals surface area contributed by atoms with Crippen molar-refractivity contribution in [3.05, 3.63) is 28.3 Å². The Bertz CT molecular complexity index is 447. The molecule has 0 unspecified atom stereocenters. The SMILES string of the molecule is CCN(C)C(=O)Nc1ccc([N+](=O)[O-])cc1O. The minimum Gasteiger partial charge on any atom is -0.506 e. The number of carbonyl (C=O) groups is 1. The monoisotopic (exact) mass is 239 g/mol. The summed E-state index contributed by atoms with van der Waals surface area (Å²) in [6.07, 6.45) is 0. The van der Waals surface area contributed by atoms with Gasteiger partial charge in [-0.25, -0.2) is 4.79 Å². The van der Waals surface area contributed by atoms with Crippen molar-refractivity contribution in [1.82, 2.24) is 4.90 Å². The van der Waals surface area contributed by atoms with Gasteiger partial charge in [-0.3, -0.25) is 10.1 Å². The van der Waals surface area contributed by atoms with Crippen molar-refractivity contribution in [2.75, 3.05) is 18.9 Å². The number of rotatable bonds is 3. The molecule has 0 radical (unpaired) electrons. The first-order valence-corrected chi connectivity index (χ1v) is 4.95. The molecule has 0 saturated heterocycles. The fourth-order valence-electron chi connectivity index (χ4n) is 1.09. The summed E-state index contributed by atoms with van der Waals surface area (Å²) >= 11 is 0. The molecular formula is C10H13N3O4. The van der Waals surface area contributed by atoms with E-state index in [0.29, 0.717) is 6.54 Å². The first-order valence-electron chi connectivity index (χ1n) is 4.95. The Kier molecular flexibility index (Phi) is 3.86. The predicted octanol–water partition coefficient (Wildman–Crippen LogP) is 1.78. The van der Waals surface area contributed by atoms with E-state index in [1.807, 2.05) is 0 Å². The third-order valence-electron chi connectivity index (χ3n) is 2.25. The molecule has 0 aliphatic rings. The molecule has 0 atom stereocenters. The van der Waals surface area contributed by atoms with Crippen LogP contribution >= 0.6 is 0 Å². The number of urea groups is 1. The maximum absolute atomic E-state index is 11.5. The number of aromatic hydroxyl groups is 1. The average molecular weight is 239 g/mol. The van der Waals surface area contributed by atoms with E-state index < -0.39 is 11.0 Å². The zero-order valence-electron chi connectivity index (χ0n) is 9.51. The summed E-state index contributed by atoms with van der Waals surface area (Å²) in [5, 5.41) is 22.4. The maximum Gasteiger partial charge on any atom is 0.321 e. The van der Waals surface area contributed by atoms with E-state index in [4.69, 9.17) is 0 Å². The van der Waals surface area contributed by atoms with Crippen molar-refractivity contribution in [3.63, 3.8) is 0 Å². The summed E-state index contributed by atoms with van der Waals surface area (Å²) in [4.78, 5) is 22.7. The Morgan fingerprint density at radius 1 is 1.59 bits per heavy atom. The van der Waals surface area contributed by atoms with Crippen LogP contribution in [0, 0.1) is 10.1 Å². The number of non-ortho nitro benzene ring substituents is 1. The molecule has 0 aliphatic carbocycles. The molecule has 0 heterocycles. The topological polar surface area (TPSA) is 95.7 Å². The van der Waals surface area contributed by atoms with Crippen LogP contribution in [0.25, 0.3) is 0 Å². The highest BCUT2D eigenvalue weighted by Crippen LogP contribution is 2.27. The van der Waals surface area contributed by atoms with Crippen LogP contribution in [0.1, 0.15) is 6.92 Å². The Morgan fingerprint density at radius 2 is 2.24 bits per heavy atom. The number of phenols is 1. The van der Waals surface area contributed by atoms with Gasteiger partial charge in [0, 0.05) is 19.7 Å². The molecule has 2 N–H and O–H groups in total. The molecule has 1 rings (SSSR count). The van der Waals surface area contributed by atoms with Crippen molar-refractivity contribution in [2.24, 2.45) is 0 Å². The number of nitrogens with one attached hydrogen (secondary N) is 1. The second-order valence-electron chi connectivity index (χ2n) is 3.40. The van der Waals surface area contributed by atoms with E-state index in [-0.39, 0.29) is 17.1 Å². The number of benzene rings is 1. The van der Waals surface area contributed by atoms with Crippen molar-refractivity contribution < 1.29 is 14.8 Å². The number of amides is 2. The van der Waals surface area contributed by atoms with Crippen LogP contribution in [0.15, 0.2) is 18.2 Å². The molecule has 7 nitrogen and oxygen atoms in total. The fraction of sp³-hybridized carbons (Fsp3) is 0.300. The van der Waals surface area contributed by atoms with E-state index in [2.05, 4.69) is 5.32 Å². The van der Waals surface area contributed by atoms with Crippen LogP contribution in [0.3, 0.4) is 0 Å². The van der Waals surface area contributed by atoms with Gasteiger partial charge in [-0.15, -0.1) is 0 Å². The lowest BCUT2D eigenvalue weighted by Gasteiger charge is -2.15. The molecule has 0 aromatic heterocycles. The van der Waals surface area contributed by atoms with E-state index >= 15 is 0 Å². The number of nitro benzene ring substituents is 1. The van der Waals surface area contributed by atoms with Crippen molar-refractivity contribution in [3.8, 4) is 5.75 Å². The number of nitrogens with zero attached hydrogens (tertiary/aromatic N) is 2. The largest absolute Gasteiger partial charge is 0.506 e. The molecule has 0 saturated carbocycles. The smallest absolute Gasteiger partial charge is 0.321 e. The molecule has 2 amide bonds. The number of carbonyl (C=O) groups excluding carboxylic acids is 1. The van der Waals surface area contributed by atoms with Crippen LogP contribution in [-0.4, -0.2) is 34.6 Å². The summed E-state index contributed by atoms with van der Waals surface area (Å²) in [6, 6.07) is 3.09. The first-order chi connectivity index (χ1) is 7.95. The van der Waals surface area contributed by atoms with Gasteiger partial charge in [0.05, 0.1) is 16.7 Å². The molecule has 0 fully saturated rings. The molecule has 17 heavy (non-hydrogen) atoms. The first kappa shape index (κ1) is 12.8. The van der Waals surface area contributed by atoms with E-state index in [0.717, 1.165) is 6.07 Å². The van der Waals surface area contributed by atoms with Gasteiger partial charge in [-0.2, -0.15) is 0 Å². The maximum atomic E-state index is 11.5. The third-order valence-corrected chi connectivity index (χ3v) is 2.25. The second kappa shape index (κ2) is 5.15. The molecule has 7 heteroatoms. The number of hydrogen-bond donors (Lipinski definition) is 2. The molecule has 92 valence electrons. The van der Waals surface area contributed by atoms with Gasteiger partial charge in [0.2, 0.25) is 0 Å². The minimum absolute atomic E-state index is 0.140. The summed E-state index contributed by atoms with van der Waals surface area (Å²) in [6.45, 7) is 2.31. The summed E-state index contributed by atoms with van der Waals surface area (Å²) in [5.41, 5.74) is -0.0924. The fourth-order valence-corrected chi connectivity index (χ4v) is 1.09. The van der Waals surface area contributed by atoms with Crippen LogP contribution in [-0.2, 0) is 0 Å². The summed E-state index contributed by atoms with van der Waals surface area (Å²) in [5.74, 6) is -0.336. The minimum atomic E-state index is -0.622. The van der Waals surface area contributed by atoms with Gasteiger partial charge in [0.15, 0.2) is 0 Å². The lowest BCUT2D eigenvalue weighted by Crippen LogP contribution is -2.30. The van der Waals surface area contributed by atoms with E-state index in [9.17, 15) is 20.0 Å². The van der Waals surface area contributed by atoms with Crippen LogP contribution in [0.2, 0.25) is 0 Å². The second-order valence-corrected chi connectivity index (χ2v) is 3.40.